The Morgan fingerprint density at radius 3 is 2.14 bits per heavy atom. The summed E-state index contributed by atoms with van der Waals surface area (Å²) in [5.74, 6) is 0.678. The molecule has 2 N–H and O–H groups in total. The van der Waals surface area contributed by atoms with Crippen molar-refractivity contribution in [3.05, 3.63) is 54.1 Å². The van der Waals surface area contributed by atoms with Crippen molar-refractivity contribution in [1.29, 1.82) is 0 Å². The minimum atomic E-state index is -3.28. The highest BCUT2D eigenvalue weighted by Crippen LogP contribution is 2.36. The third kappa shape index (κ3) is 5.16. The van der Waals surface area contributed by atoms with Crippen molar-refractivity contribution in [2.45, 2.75) is 50.3 Å². The van der Waals surface area contributed by atoms with Crippen molar-refractivity contribution >= 4 is 16.1 Å². The minimum Gasteiger partial charge on any atom is -0.410 e. The number of ether oxygens (including phenoxy) is 1. The molecule has 0 spiro atoms. The Bertz CT molecular complexity index is 938. The second-order valence-electron chi connectivity index (χ2n) is 7.64. The number of amides is 1. The fraction of sp³-hybridized carbons (Fsp3) is 0.409. The Hall–Kier alpha value is -2.38. The van der Waals surface area contributed by atoms with E-state index in [4.69, 9.17) is 4.74 Å². The summed E-state index contributed by atoms with van der Waals surface area (Å²) < 4.78 is 32.5. The zero-order chi connectivity index (χ0) is 21.0. The third-order valence-electron chi connectivity index (χ3n) is 5.39. The minimum absolute atomic E-state index is 0.0469. The van der Waals surface area contributed by atoms with Gasteiger partial charge in [-0.1, -0.05) is 42.8 Å². The summed E-state index contributed by atoms with van der Waals surface area (Å²) in [4.78, 5) is 11.3. The first-order valence-corrected chi connectivity index (χ1v) is 11.5. The molecule has 0 radical (unpaired) electrons. The second-order valence-corrected chi connectivity index (χ2v) is 9.91. The Kier molecular flexibility index (Phi) is 6.59. The maximum absolute atomic E-state index is 12.3. The molecule has 0 unspecified atom stereocenters. The summed E-state index contributed by atoms with van der Waals surface area (Å²) in [5, 5.41) is 1.98. The van der Waals surface area contributed by atoms with Gasteiger partial charge in [-0.25, -0.2) is 17.9 Å². The van der Waals surface area contributed by atoms with Gasteiger partial charge >= 0.3 is 6.09 Å². The summed E-state index contributed by atoms with van der Waals surface area (Å²) in [6.07, 6.45) is 2.37. The molecule has 0 saturated heterocycles. The van der Waals surface area contributed by atoms with Crippen LogP contribution in [0.1, 0.15) is 44.6 Å². The van der Waals surface area contributed by atoms with E-state index in [1.165, 1.54) is 7.05 Å². The number of rotatable bonds is 6. The normalized spacial score (nSPS) is 19.3. The predicted octanol–water partition coefficient (Wildman–Crippen LogP) is 4.04. The van der Waals surface area contributed by atoms with Crippen LogP contribution in [0.15, 0.2) is 48.5 Å². The summed E-state index contributed by atoms with van der Waals surface area (Å²) in [5.41, 5.74) is 3.23. The first kappa shape index (κ1) is 21.3. The van der Waals surface area contributed by atoms with Crippen LogP contribution in [-0.2, 0) is 10.0 Å². The van der Waals surface area contributed by atoms with Gasteiger partial charge in [0, 0.05) is 19.0 Å². The first-order valence-electron chi connectivity index (χ1n) is 9.91. The lowest BCUT2D eigenvalue weighted by molar-refractivity contribution is 0.203. The molecule has 1 aliphatic rings. The second kappa shape index (κ2) is 8.97. The van der Waals surface area contributed by atoms with Gasteiger partial charge in [0.15, 0.2) is 0 Å². The Morgan fingerprint density at radius 2 is 1.59 bits per heavy atom. The van der Waals surface area contributed by atoms with Crippen LogP contribution in [0.5, 0.6) is 5.75 Å². The average molecular weight is 417 g/mol. The molecule has 3 rings (SSSR count). The molecule has 0 aliphatic heterocycles. The van der Waals surface area contributed by atoms with Crippen molar-refractivity contribution in [2.75, 3.05) is 7.05 Å². The lowest BCUT2D eigenvalue weighted by Gasteiger charge is -2.23. The fourth-order valence-electron chi connectivity index (χ4n) is 3.64. The van der Waals surface area contributed by atoms with E-state index in [0.29, 0.717) is 5.75 Å². The van der Waals surface area contributed by atoms with Crippen molar-refractivity contribution in [2.24, 2.45) is 0 Å². The van der Waals surface area contributed by atoms with E-state index in [2.05, 4.69) is 34.3 Å². The van der Waals surface area contributed by atoms with Crippen molar-refractivity contribution in [3.63, 3.8) is 0 Å². The summed E-state index contributed by atoms with van der Waals surface area (Å²) in [6, 6.07) is 15.5. The maximum atomic E-state index is 12.3. The van der Waals surface area contributed by atoms with Gasteiger partial charge in [-0.05, 0) is 55.5 Å². The number of hydrogen-bond acceptors (Lipinski definition) is 4. The van der Waals surface area contributed by atoms with E-state index < -0.39 is 21.4 Å². The van der Waals surface area contributed by atoms with Gasteiger partial charge in [-0.2, -0.15) is 0 Å². The Morgan fingerprint density at radius 1 is 1.00 bits per heavy atom. The van der Waals surface area contributed by atoms with E-state index in [1.807, 2.05) is 12.1 Å². The first-order chi connectivity index (χ1) is 13.8. The van der Waals surface area contributed by atoms with E-state index in [-0.39, 0.29) is 12.0 Å². The number of sulfonamides is 1. The topological polar surface area (TPSA) is 84.5 Å². The number of hydrogen-bond donors (Lipinski definition) is 2. The summed E-state index contributed by atoms with van der Waals surface area (Å²) in [6.45, 7) is 3.40. The van der Waals surface area contributed by atoms with Crippen LogP contribution in [-0.4, -0.2) is 32.9 Å². The van der Waals surface area contributed by atoms with Crippen LogP contribution in [0.4, 0.5) is 4.79 Å². The third-order valence-corrected chi connectivity index (χ3v) is 7.27. The summed E-state index contributed by atoms with van der Waals surface area (Å²) >= 11 is 0. The highest BCUT2D eigenvalue weighted by Gasteiger charge is 2.32. The number of carbonyl (C=O) groups excluding carboxylic acids is 1. The quantitative estimate of drug-likeness (QED) is 0.744. The molecule has 29 heavy (non-hydrogen) atoms. The number of carbonyl (C=O) groups is 1. The molecule has 1 aliphatic carbocycles. The molecule has 156 valence electrons. The SMILES string of the molecule is CNC(=O)Oc1ccc(-c2ccc([C@@H]3CCC[C@@H]3NS(=O)(=O)C(C)C)cc2)cc1. The maximum Gasteiger partial charge on any atom is 0.412 e. The lowest BCUT2D eigenvalue weighted by atomic mass is 9.93. The molecule has 7 heteroatoms. The van der Waals surface area contributed by atoms with E-state index >= 15 is 0 Å². The molecule has 0 bridgehead atoms. The number of benzene rings is 2. The van der Waals surface area contributed by atoms with Crippen molar-refractivity contribution in [3.8, 4) is 16.9 Å². The van der Waals surface area contributed by atoms with Gasteiger partial charge in [-0.15, -0.1) is 0 Å². The fourth-order valence-corrected chi connectivity index (χ4v) is 4.62. The average Bonchev–Trinajstić information content (AvgIpc) is 3.16. The largest absolute Gasteiger partial charge is 0.412 e. The molecule has 2 atom stereocenters. The molecular weight excluding hydrogens is 388 g/mol. The van der Waals surface area contributed by atoms with Crippen LogP contribution < -0.4 is 14.8 Å². The zero-order valence-electron chi connectivity index (χ0n) is 17.0. The van der Waals surface area contributed by atoms with Crippen LogP contribution in [0.3, 0.4) is 0 Å². The molecule has 2 aromatic rings. The van der Waals surface area contributed by atoms with Crippen LogP contribution in [0, 0.1) is 0 Å². The van der Waals surface area contributed by atoms with Gasteiger partial charge in [0.1, 0.15) is 5.75 Å². The molecule has 6 nitrogen and oxygen atoms in total. The van der Waals surface area contributed by atoms with Gasteiger partial charge in [-0.3, -0.25) is 0 Å². The standard InChI is InChI=1S/C22H28N2O4S/c1-15(2)29(26,27)24-21-6-4-5-20(21)18-9-7-16(8-10-18)17-11-13-19(14-12-17)28-22(25)23-3/h7-15,20-21,24H,4-6H2,1-3H3,(H,23,25)/t20-,21-/m0/s1. The van der Waals surface area contributed by atoms with E-state index in [0.717, 1.165) is 36.0 Å². The van der Waals surface area contributed by atoms with Gasteiger partial charge in [0.25, 0.3) is 0 Å². The monoisotopic (exact) mass is 416 g/mol. The van der Waals surface area contributed by atoms with Gasteiger partial charge in [0.05, 0.1) is 5.25 Å². The zero-order valence-corrected chi connectivity index (χ0v) is 17.8. The van der Waals surface area contributed by atoms with Gasteiger partial charge in [0.2, 0.25) is 10.0 Å². The van der Waals surface area contributed by atoms with E-state index in [9.17, 15) is 13.2 Å². The van der Waals surface area contributed by atoms with Crippen LogP contribution in [0.2, 0.25) is 0 Å². The molecule has 1 amide bonds. The van der Waals surface area contributed by atoms with Crippen molar-refractivity contribution < 1.29 is 17.9 Å². The Balaban J connectivity index is 1.72. The highest BCUT2D eigenvalue weighted by atomic mass is 32.2. The summed E-state index contributed by atoms with van der Waals surface area (Å²) in [7, 11) is -1.76. The molecular formula is C22H28N2O4S. The van der Waals surface area contributed by atoms with Crippen LogP contribution >= 0.6 is 0 Å². The predicted molar refractivity (Wildman–Crippen MR) is 115 cm³/mol. The molecule has 1 saturated carbocycles. The molecule has 1 fully saturated rings. The van der Waals surface area contributed by atoms with Crippen LogP contribution in [0.25, 0.3) is 11.1 Å². The number of nitrogens with one attached hydrogen (secondary N) is 2. The van der Waals surface area contributed by atoms with Gasteiger partial charge < -0.3 is 10.1 Å². The molecule has 2 aromatic carbocycles. The Labute approximate surface area is 172 Å². The van der Waals surface area contributed by atoms with Crippen molar-refractivity contribution in [1.82, 2.24) is 10.0 Å². The lowest BCUT2D eigenvalue weighted by Crippen LogP contribution is -2.40. The highest BCUT2D eigenvalue weighted by molar-refractivity contribution is 7.90. The smallest absolute Gasteiger partial charge is 0.410 e. The molecule has 0 aromatic heterocycles. The van der Waals surface area contributed by atoms with E-state index in [1.54, 1.807) is 26.0 Å². The molecule has 0 heterocycles.